The van der Waals surface area contributed by atoms with Crippen LogP contribution in [0.1, 0.15) is 26.7 Å². The molecular weight excluding hydrogens is 208 g/mol. The van der Waals surface area contributed by atoms with Gasteiger partial charge in [0.05, 0.1) is 0 Å². The minimum Gasteiger partial charge on any atom is -0.480 e. The molecule has 0 bridgehead atoms. The number of nitrogens with zero attached hydrogens (tertiary/aromatic N) is 1. The minimum atomic E-state index is -0.960. The molecule has 1 fully saturated rings. The zero-order chi connectivity index (χ0) is 12.3. The van der Waals surface area contributed by atoms with E-state index in [1.54, 1.807) is 7.05 Å². The van der Waals surface area contributed by atoms with Gasteiger partial charge in [0.25, 0.3) is 0 Å². The van der Waals surface area contributed by atoms with Crippen molar-refractivity contribution in [2.75, 3.05) is 13.6 Å². The van der Waals surface area contributed by atoms with Crippen LogP contribution in [0.5, 0.6) is 0 Å². The Morgan fingerprint density at radius 2 is 2.12 bits per heavy atom. The summed E-state index contributed by atoms with van der Waals surface area (Å²) in [5.41, 5.74) is 0. The smallest absolute Gasteiger partial charge is 0.326 e. The fourth-order valence-electron chi connectivity index (χ4n) is 2.00. The molecule has 1 aliphatic heterocycles. The second-order valence-corrected chi connectivity index (χ2v) is 4.54. The van der Waals surface area contributed by atoms with Crippen LogP contribution in [0, 0.1) is 5.92 Å². The van der Waals surface area contributed by atoms with Crippen LogP contribution in [0.15, 0.2) is 0 Å². The number of piperidine rings is 1. The number of amides is 1. The highest BCUT2D eigenvalue weighted by Crippen LogP contribution is 2.19. The molecule has 2 N–H and O–H groups in total. The van der Waals surface area contributed by atoms with E-state index >= 15 is 0 Å². The first-order chi connectivity index (χ1) is 7.43. The van der Waals surface area contributed by atoms with E-state index in [1.165, 1.54) is 11.8 Å². The summed E-state index contributed by atoms with van der Waals surface area (Å²) in [6, 6.07) is -0.422. The first-order valence-electron chi connectivity index (χ1n) is 5.66. The standard InChI is InChI=1S/C11H20N2O3/c1-7-6-9(4-5-12-7)10(14)13(3)8(2)11(15)16/h7-9,12H,4-6H2,1-3H3,(H,15,16). The molecule has 1 aliphatic rings. The van der Waals surface area contributed by atoms with Crippen LogP contribution in [0.25, 0.3) is 0 Å². The maximum atomic E-state index is 12.0. The molecule has 3 unspecified atom stereocenters. The predicted octanol–water partition coefficient (Wildman–Crippen LogP) is 0.306. The lowest BCUT2D eigenvalue weighted by atomic mass is 9.92. The number of carboxylic acid groups (broad SMARTS) is 1. The molecule has 92 valence electrons. The van der Waals surface area contributed by atoms with Crippen molar-refractivity contribution in [3.63, 3.8) is 0 Å². The van der Waals surface area contributed by atoms with Gasteiger partial charge in [-0.25, -0.2) is 4.79 Å². The number of nitrogens with one attached hydrogen (secondary N) is 1. The van der Waals surface area contributed by atoms with E-state index in [9.17, 15) is 9.59 Å². The molecule has 0 aromatic rings. The van der Waals surface area contributed by atoms with Crippen molar-refractivity contribution < 1.29 is 14.7 Å². The van der Waals surface area contributed by atoms with Gasteiger partial charge in [0.2, 0.25) is 5.91 Å². The number of carbonyl (C=O) groups excluding carboxylic acids is 1. The van der Waals surface area contributed by atoms with Gasteiger partial charge < -0.3 is 15.3 Å². The molecule has 16 heavy (non-hydrogen) atoms. The van der Waals surface area contributed by atoms with Gasteiger partial charge in [-0.3, -0.25) is 4.79 Å². The third kappa shape index (κ3) is 2.95. The van der Waals surface area contributed by atoms with Crippen LogP contribution in [-0.4, -0.2) is 47.6 Å². The topological polar surface area (TPSA) is 69.6 Å². The third-order valence-corrected chi connectivity index (χ3v) is 3.26. The van der Waals surface area contributed by atoms with Gasteiger partial charge in [-0.2, -0.15) is 0 Å². The Morgan fingerprint density at radius 3 is 2.62 bits per heavy atom. The molecule has 1 heterocycles. The van der Waals surface area contributed by atoms with Gasteiger partial charge >= 0.3 is 5.97 Å². The summed E-state index contributed by atoms with van der Waals surface area (Å²) in [4.78, 5) is 24.1. The Balaban J connectivity index is 2.59. The third-order valence-electron chi connectivity index (χ3n) is 3.26. The average Bonchev–Trinajstić information content (AvgIpc) is 2.26. The van der Waals surface area contributed by atoms with Gasteiger partial charge in [-0.1, -0.05) is 0 Å². The maximum Gasteiger partial charge on any atom is 0.326 e. The molecule has 0 saturated carbocycles. The van der Waals surface area contributed by atoms with Crippen LogP contribution in [0.2, 0.25) is 0 Å². The van der Waals surface area contributed by atoms with Gasteiger partial charge in [0.1, 0.15) is 6.04 Å². The molecule has 1 rings (SSSR count). The summed E-state index contributed by atoms with van der Waals surface area (Å²) < 4.78 is 0. The number of hydrogen-bond donors (Lipinski definition) is 2. The van der Waals surface area contributed by atoms with Crippen molar-refractivity contribution in [3.8, 4) is 0 Å². The number of carbonyl (C=O) groups is 2. The molecule has 3 atom stereocenters. The second kappa shape index (κ2) is 5.30. The number of hydrogen-bond acceptors (Lipinski definition) is 3. The van der Waals surface area contributed by atoms with E-state index in [0.29, 0.717) is 6.04 Å². The quantitative estimate of drug-likeness (QED) is 0.729. The molecule has 0 aliphatic carbocycles. The second-order valence-electron chi connectivity index (χ2n) is 4.54. The summed E-state index contributed by atoms with van der Waals surface area (Å²) in [6.07, 6.45) is 1.58. The summed E-state index contributed by atoms with van der Waals surface area (Å²) in [5, 5.41) is 12.1. The average molecular weight is 228 g/mol. The van der Waals surface area contributed by atoms with Gasteiger partial charge in [-0.15, -0.1) is 0 Å². The Hall–Kier alpha value is -1.10. The van der Waals surface area contributed by atoms with Crippen molar-refractivity contribution in [1.82, 2.24) is 10.2 Å². The van der Waals surface area contributed by atoms with Crippen molar-refractivity contribution in [2.45, 2.75) is 38.8 Å². The minimum absolute atomic E-state index is 0.0388. The maximum absolute atomic E-state index is 12.0. The lowest BCUT2D eigenvalue weighted by molar-refractivity contribution is -0.150. The van der Waals surface area contributed by atoms with E-state index in [2.05, 4.69) is 5.32 Å². The summed E-state index contributed by atoms with van der Waals surface area (Å²) in [5.74, 6) is -1.05. The van der Waals surface area contributed by atoms with Crippen LogP contribution in [-0.2, 0) is 9.59 Å². The molecule has 0 aromatic carbocycles. The van der Waals surface area contributed by atoms with Gasteiger partial charge in [0, 0.05) is 19.0 Å². The molecule has 1 amide bonds. The lowest BCUT2D eigenvalue weighted by Gasteiger charge is -2.31. The largest absolute Gasteiger partial charge is 0.480 e. The summed E-state index contributed by atoms with van der Waals surface area (Å²) in [7, 11) is 1.56. The van der Waals surface area contributed by atoms with Crippen LogP contribution >= 0.6 is 0 Å². The van der Waals surface area contributed by atoms with E-state index in [1.807, 2.05) is 6.92 Å². The number of aliphatic carboxylic acids is 1. The highest BCUT2D eigenvalue weighted by molar-refractivity contribution is 5.84. The molecule has 1 saturated heterocycles. The molecule has 5 nitrogen and oxygen atoms in total. The predicted molar refractivity (Wildman–Crippen MR) is 60.1 cm³/mol. The molecule has 0 spiro atoms. The molecule has 0 radical (unpaired) electrons. The van der Waals surface area contributed by atoms with Crippen LogP contribution < -0.4 is 5.32 Å². The highest BCUT2D eigenvalue weighted by atomic mass is 16.4. The van der Waals surface area contributed by atoms with Gasteiger partial charge in [0.15, 0.2) is 0 Å². The van der Waals surface area contributed by atoms with Crippen molar-refractivity contribution in [2.24, 2.45) is 5.92 Å². The van der Waals surface area contributed by atoms with E-state index in [-0.39, 0.29) is 11.8 Å². The monoisotopic (exact) mass is 228 g/mol. The Kier molecular flexibility index (Phi) is 4.29. The molecular formula is C11H20N2O3. The number of likely N-dealkylation sites (N-methyl/N-ethyl adjacent to an activating group) is 1. The Bertz CT molecular complexity index is 280. The molecule has 0 aromatic heterocycles. The van der Waals surface area contributed by atoms with Crippen molar-refractivity contribution in [1.29, 1.82) is 0 Å². The van der Waals surface area contributed by atoms with E-state index in [0.717, 1.165) is 19.4 Å². The van der Waals surface area contributed by atoms with E-state index < -0.39 is 12.0 Å². The van der Waals surface area contributed by atoms with Crippen molar-refractivity contribution in [3.05, 3.63) is 0 Å². The Labute approximate surface area is 95.8 Å². The lowest BCUT2D eigenvalue weighted by Crippen LogP contribution is -2.47. The Morgan fingerprint density at radius 1 is 1.50 bits per heavy atom. The van der Waals surface area contributed by atoms with Crippen LogP contribution in [0.4, 0.5) is 0 Å². The highest BCUT2D eigenvalue weighted by Gasteiger charge is 2.30. The number of rotatable bonds is 3. The normalized spacial score (nSPS) is 27.2. The summed E-state index contributed by atoms with van der Waals surface area (Å²) >= 11 is 0. The van der Waals surface area contributed by atoms with Crippen molar-refractivity contribution >= 4 is 11.9 Å². The summed E-state index contributed by atoms with van der Waals surface area (Å²) in [6.45, 7) is 4.40. The fraction of sp³-hybridized carbons (Fsp3) is 0.818. The van der Waals surface area contributed by atoms with E-state index in [4.69, 9.17) is 5.11 Å². The SMILES string of the molecule is CC1CC(C(=O)N(C)C(C)C(=O)O)CCN1. The first kappa shape index (κ1) is 13.0. The molecule has 5 heteroatoms. The zero-order valence-corrected chi connectivity index (χ0v) is 10.1. The van der Waals surface area contributed by atoms with Gasteiger partial charge in [-0.05, 0) is 33.2 Å². The fourth-order valence-corrected chi connectivity index (χ4v) is 2.00. The van der Waals surface area contributed by atoms with Crippen LogP contribution in [0.3, 0.4) is 0 Å². The zero-order valence-electron chi connectivity index (χ0n) is 10.1. The number of carboxylic acids is 1. The first-order valence-corrected chi connectivity index (χ1v) is 5.66.